The van der Waals surface area contributed by atoms with E-state index in [9.17, 15) is 9.59 Å². The van der Waals surface area contributed by atoms with Crippen LogP contribution in [0.3, 0.4) is 0 Å². The van der Waals surface area contributed by atoms with Crippen LogP contribution in [0, 0.1) is 5.92 Å². The van der Waals surface area contributed by atoms with Crippen molar-refractivity contribution in [3.05, 3.63) is 35.4 Å². The lowest BCUT2D eigenvalue weighted by Crippen LogP contribution is -2.55. The van der Waals surface area contributed by atoms with Crippen molar-refractivity contribution in [2.75, 3.05) is 19.6 Å². The predicted molar refractivity (Wildman–Crippen MR) is 105 cm³/mol. The van der Waals surface area contributed by atoms with Crippen LogP contribution in [0.1, 0.15) is 57.0 Å². The Morgan fingerprint density at radius 1 is 1.19 bits per heavy atom. The minimum Gasteiger partial charge on any atom is -0.478 e. The second-order valence-corrected chi connectivity index (χ2v) is 8.68. The fourth-order valence-corrected chi connectivity index (χ4v) is 3.35. The van der Waals surface area contributed by atoms with E-state index in [4.69, 9.17) is 9.84 Å². The first-order chi connectivity index (χ1) is 12.5. The Morgan fingerprint density at radius 3 is 2.33 bits per heavy atom. The number of amides is 1. The Morgan fingerprint density at radius 2 is 1.81 bits per heavy atom. The van der Waals surface area contributed by atoms with E-state index in [0.717, 1.165) is 25.1 Å². The summed E-state index contributed by atoms with van der Waals surface area (Å²) in [7, 11) is 0. The lowest BCUT2D eigenvalue weighted by Gasteiger charge is -2.42. The molecule has 1 amide bonds. The summed E-state index contributed by atoms with van der Waals surface area (Å²) in [4.78, 5) is 27.6. The van der Waals surface area contributed by atoms with E-state index in [1.165, 1.54) is 0 Å². The average Bonchev–Trinajstić information content (AvgIpc) is 2.54. The summed E-state index contributed by atoms with van der Waals surface area (Å²) in [6, 6.07) is 7.29. The van der Waals surface area contributed by atoms with Crippen LogP contribution in [-0.4, -0.2) is 58.2 Å². The highest BCUT2D eigenvalue weighted by Gasteiger charge is 2.32. The molecule has 1 aliphatic heterocycles. The molecule has 1 aliphatic rings. The molecule has 1 heterocycles. The Hall–Kier alpha value is -2.08. The summed E-state index contributed by atoms with van der Waals surface area (Å²) in [5, 5.41) is 9.04. The topological polar surface area (TPSA) is 70.1 Å². The second kappa shape index (κ2) is 8.74. The second-order valence-electron chi connectivity index (χ2n) is 8.68. The van der Waals surface area contributed by atoms with Crippen molar-refractivity contribution in [1.29, 1.82) is 0 Å². The Labute approximate surface area is 162 Å². The molecule has 1 fully saturated rings. The molecule has 0 unspecified atom stereocenters. The molecule has 0 radical (unpaired) electrons. The number of carboxylic acid groups (broad SMARTS) is 1. The van der Waals surface area contributed by atoms with Crippen molar-refractivity contribution in [2.45, 2.75) is 59.2 Å². The van der Waals surface area contributed by atoms with E-state index in [2.05, 4.69) is 18.7 Å². The molecule has 27 heavy (non-hydrogen) atoms. The molecule has 1 aromatic rings. The van der Waals surface area contributed by atoms with Gasteiger partial charge in [0.2, 0.25) is 0 Å². The Kier molecular flexibility index (Phi) is 6.87. The van der Waals surface area contributed by atoms with Crippen molar-refractivity contribution in [1.82, 2.24) is 9.80 Å². The SMILES string of the molecule is CC(C)C[C@@H]1CN(C(=O)OC(C)(C)C)CCN1Cc1ccc(C(=O)O)cc1. The van der Waals surface area contributed by atoms with Crippen molar-refractivity contribution >= 4 is 12.1 Å². The molecule has 1 atom stereocenters. The monoisotopic (exact) mass is 376 g/mol. The molecule has 1 N–H and O–H groups in total. The number of benzene rings is 1. The van der Waals surface area contributed by atoms with Gasteiger partial charge in [-0.2, -0.15) is 0 Å². The minimum atomic E-state index is -0.912. The highest BCUT2D eigenvalue weighted by atomic mass is 16.6. The molecular weight excluding hydrogens is 344 g/mol. The van der Waals surface area contributed by atoms with Crippen LogP contribution in [0.2, 0.25) is 0 Å². The normalized spacial score (nSPS) is 18.6. The first-order valence-corrected chi connectivity index (χ1v) is 9.59. The number of hydrogen-bond donors (Lipinski definition) is 1. The Balaban J connectivity index is 2.05. The summed E-state index contributed by atoms with van der Waals surface area (Å²) in [6.45, 7) is 12.8. The van der Waals surface area contributed by atoms with E-state index in [-0.39, 0.29) is 12.1 Å². The summed E-state index contributed by atoms with van der Waals surface area (Å²) in [5.41, 5.74) is 0.889. The maximum absolute atomic E-state index is 12.4. The fourth-order valence-electron chi connectivity index (χ4n) is 3.35. The van der Waals surface area contributed by atoms with Crippen LogP contribution in [-0.2, 0) is 11.3 Å². The van der Waals surface area contributed by atoms with Crippen molar-refractivity contribution < 1.29 is 19.4 Å². The number of piperazine rings is 1. The Bertz CT molecular complexity index is 649. The van der Waals surface area contributed by atoms with Gasteiger partial charge in [0.05, 0.1) is 5.56 Å². The summed E-state index contributed by atoms with van der Waals surface area (Å²) in [6.07, 6.45) is 0.744. The standard InChI is InChI=1S/C21H32N2O4/c1-15(2)12-18-14-23(20(26)27-21(3,4)5)11-10-22(18)13-16-6-8-17(9-7-16)19(24)25/h6-9,15,18H,10-14H2,1-5H3,(H,24,25)/t18-/m1/s1. The quantitative estimate of drug-likeness (QED) is 0.845. The van der Waals surface area contributed by atoms with E-state index >= 15 is 0 Å². The van der Waals surface area contributed by atoms with Gasteiger partial charge in [-0.25, -0.2) is 9.59 Å². The van der Waals surface area contributed by atoms with Gasteiger partial charge in [0.1, 0.15) is 5.60 Å². The number of ether oxygens (including phenoxy) is 1. The third-order valence-corrected chi connectivity index (χ3v) is 4.59. The molecule has 1 saturated heterocycles. The number of hydrogen-bond acceptors (Lipinski definition) is 4. The highest BCUT2D eigenvalue weighted by Crippen LogP contribution is 2.22. The van der Waals surface area contributed by atoms with Crippen LogP contribution in [0.5, 0.6) is 0 Å². The van der Waals surface area contributed by atoms with Crippen LogP contribution >= 0.6 is 0 Å². The lowest BCUT2D eigenvalue weighted by atomic mass is 9.99. The molecule has 150 valence electrons. The van der Waals surface area contributed by atoms with Crippen molar-refractivity contribution in [2.24, 2.45) is 5.92 Å². The fraction of sp³-hybridized carbons (Fsp3) is 0.619. The smallest absolute Gasteiger partial charge is 0.410 e. The largest absolute Gasteiger partial charge is 0.478 e. The zero-order valence-electron chi connectivity index (χ0n) is 17.1. The van der Waals surface area contributed by atoms with E-state index in [1.54, 1.807) is 12.1 Å². The van der Waals surface area contributed by atoms with Crippen LogP contribution in [0.15, 0.2) is 24.3 Å². The van der Waals surface area contributed by atoms with Gasteiger partial charge < -0.3 is 14.7 Å². The molecule has 0 saturated carbocycles. The number of carboxylic acids is 1. The van der Waals surface area contributed by atoms with Gasteiger partial charge >= 0.3 is 12.1 Å². The molecule has 1 aromatic carbocycles. The molecule has 0 bridgehead atoms. The number of rotatable bonds is 5. The lowest BCUT2D eigenvalue weighted by molar-refractivity contribution is -0.000346. The molecule has 0 spiro atoms. The number of carbonyl (C=O) groups excluding carboxylic acids is 1. The molecule has 0 aromatic heterocycles. The zero-order valence-corrected chi connectivity index (χ0v) is 17.1. The average molecular weight is 376 g/mol. The summed E-state index contributed by atoms with van der Waals surface area (Å²) < 4.78 is 5.53. The molecule has 2 rings (SSSR count). The van der Waals surface area contributed by atoms with Crippen LogP contribution in [0.25, 0.3) is 0 Å². The van der Waals surface area contributed by atoms with Gasteiger partial charge in [-0.15, -0.1) is 0 Å². The summed E-state index contributed by atoms with van der Waals surface area (Å²) in [5.74, 6) is -0.393. The molecule has 6 heteroatoms. The van der Waals surface area contributed by atoms with Gasteiger partial charge in [-0.05, 0) is 50.8 Å². The first kappa shape index (κ1) is 21.2. The maximum Gasteiger partial charge on any atom is 0.410 e. The van der Waals surface area contributed by atoms with Gasteiger partial charge in [0.25, 0.3) is 0 Å². The minimum absolute atomic E-state index is 0.248. The third-order valence-electron chi connectivity index (χ3n) is 4.59. The molecule has 6 nitrogen and oxygen atoms in total. The molecular formula is C21H32N2O4. The van der Waals surface area contributed by atoms with Gasteiger partial charge in [0, 0.05) is 32.2 Å². The van der Waals surface area contributed by atoms with Crippen LogP contribution in [0.4, 0.5) is 4.79 Å². The van der Waals surface area contributed by atoms with Crippen molar-refractivity contribution in [3.63, 3.8) is 0 Å². The number of nitrogens with zero attached hydrogens (tertiary/aromatic N) is 2. The summed E-state index contributed by atoms with van der Waals surface area (Å²) >= 11 is 0. The zero-order chi connectivity index (χ0) is 20.2. The maximum atomic E-state index is 12.4. The van der Waals surface area contributed by atoms with E-state index in [0.29, 0.717) is 24.6 Å². The highest BCUT2D eigenvalue weighted by molar-refractivity contribution is 5.87. The van der Waals surface area contributed by atoms with Crippen molar-refractivity contribution in [3.8, 4) is 0 Å². The van der Waals surface area contributed by atoms with E-state index < -0.39 is 11.6 Å². The van der Waals surface area contributed by atoms with Crippen LogP contribution < -0.4 is 0 Å². The van der Waals surface area contributed by atoms with E-state index in [1.807, 2.05) is 37.8 Å². The number of aromatic carboxylic acids is 1. The predicted octanol–water partition coefficient (Wildman–Crippen LogP) is 3.85. The van der Waals surface area contributed by atoms with Gasteiger partial charge in [-0.1, -0.05) is 26.0 Å². The molecule has 0 aliphatic carbocycles. The van der Waals surface area contributed by atoms with Gasteiger partial charge in [-0.3, -0.25) is 4.90 Å². The first-order valence-electron chi connectivity index (χ1n) is 9.59. The number of carbonyl (C=O) groups is 2. The van der Waals surface area contributed by atoms with Gasteiger partial charge in [0.15, 0.2) is 0 Å². The third kappa shape index (κ3) is 6.54.